The Hall–Kier alpha value is -0.800. The van der Waals surface area contributed by atoms with Crippen LogP contribution in [0.15, 0.2) is 43.6 Å². The monoisotopic (exact) mass is 441 g/mol. The summed E-state index contributed by atoms with van der Waals surface area (Å²) in [6, 6.07) is 8.86. The van der Waals surface area contributed by atoms with Gasteiger partial charge in [-0.2, -0.15) is 0 Å². The summed E-state index contributed by atoms with van der Waals surface area (Å²) in [5.41, 5.74) is 3.55. The van der Waals surface area contributed by atoms with Crippen LogP contribution in [0.5, 0.6) is 0 Å². The molecule has 0 amide bonds. The summed E-state index contributed by atoms with van der Waals surface area (Å²) >= 11 is -0.673. The molecule has 1 heterocycles. The second-order valence-corrected chi connectivity index (χ2v) is 10.3. The van der Waals surface area contributed by atoms with E-state index in [-0.39, 0.29) is 11.9 Å². The number of Topliss-reactive ketones (excluding diaryl/α,β-unsaturated/α-hetero) is 1. The van der Waals surface area contributed by atoms with E-state index in [0.29, 0.717) is 18.9 Å². The first kappa shape index (κ1) is 20.5. The molecule has 1 aromatic carbocycles. The Morgan fingerprint density at radius 2 is 1.96 bits per heavy atom. The zero-order valence-electron chi connectivity index (χ0n) is 15.8. The van der Waals surface area contributed by atoms with Crippen LogP contribution < -0.4 is 0 Å². The second kappa shape index (κ2) is 11.0. The zero-order valence-corrected chi connectivity index (χ0v) is 19.1. The number of carbonyl (C=O) groups is 1. The summed E-state index contributed by atoms with van der Waals surface area (Å²) in [4.78, 5) is 12.2. The van der Waals surface area contributed by atoms with Crippen LogP contribution in [0, 0.1) is 5.92 Å². The van der Waals surface area contributed by atoms with Crippen molar-refractivity contribution < 1.29 is 9.53 Å². The number of carbonyl (C=O) groups excluding carboxylic acids is 1. The van der Waals surface area contributed by atoms with Crippen LogP contribution in [0.1, 0.15) is 63.7 Å². The topological polar surface area (TPSA) is 26.3 Å². The Bertz CT molecular complexity index is 599. The van der Waals surface area contributed by atoms with E-state index in [4.69, 9.17) is 4.74 Å². The number of ether oxygens (including phenoxy) is 1. The Kier molecular flexibility index (Phi) is 9.05. The summed E-state index contributed by atoms with van der Waals surface area (Å²) in [5, 5.41) is 0. The third kappa shape index (κ3) is 7.15. The molecule has 3 heteroatoms. The van der Waals surface area contributed by atoms with Crippen molar-refractivity contribution in [3.05, 3.63) is 54.7 Å². The van der Waals surface area contributed by atoms with Gasteiger partial charge in [0.2, 0.25) is 0 Å². The van der Waals surface area contributed by atoms with Crippen molar-refractivity contribution >= 4 is 28.7 Å². The van der Waals surface area contributed by atoms with Gasteiger partial charge in [-0.3, -0.25) is 0 Å². The molecule has 2 rings (SSSR count). The number of unbranched alkanes of at least 4 members (excludes halogenated alkanes) is 1. The molecule has 1 aliphatic heterocycles. The fraction of sp³-hybridized carbons (Fsp3) is 0.500. The van der Waals surface area contributed by atoms with Crippen LogP contribution in [0.3, 0.4) is 0 Å². The second-order valence-electron chi connectivity index (χ2n) is 7.19. The molecule has 1 radical (unpaired) electrons. The first-order valence-electron chi connectivity index (χ1n) is 9.55. The molecule has 0 fully saturated rings. The summed E-state index contributed by atoms with van der Waals surface area (Å²) in [6.45, 7) is 7.21. The molecular weight excluding hydrogens is 411 g/mol. The summed E-state index contributed by atoms with van der Waals surface area (Å²) in [5.74, 6) is 0.911. The third-order valence-electron chi connectivity index (χ3n) is 4.45. The molecule has 25 heavy (non-hydrogen) atoms. The Balaban J connectivity index is 1.90. The zero-order chi connectivity index (χ0) is 18.1. The standard InChI is InChI=1S/C22H30O2.In/c1-6-8-9-22(24-15-14-21(23)18(5)7-2)20-12-10-19(11-13-20)16-17(3)4;/h2,5,7,10-13,17,22H,6,8-9,14-16H2,1,3-4H3;. The summed E-state index contributed by atoms with van der Waals surface area (Å²) in [7, 11) is 0. The van der Waals surface area contributed by atoms with Gasteiger partial charge < -0.3 is 0 Å². The van der Waals surface area contributed by atoms with Crippen molar-refractivity contribution in [1.82, 2.24) is 0 Å². The molecule has 0 bridgehead atoms. The van der Waals surface area contributed by atoms with Crippen LogP contribution >= 0.6 is 0 Å². The molecule has 0 aliphatic carbocycles. The van der Waals surface area contributed by atoms with E-state index in [1.165, 1.54) is 11.1 Å². The molecule has 0 saturated heterocycles. The molecule has 133 valence electrons. The fourth-order valence-electron chi connectivity index (χ4n) is 3.07. The van der Waals surface area contributed by atoms with Gasteiger partial charge in [-0.1, -0.05) is 13.8 Å². The third-order valence-corrected chi connectivity index (χ3v) is 7.21. The van der Waals surface area contributed by atoms with Gasteiger partial charge in [0.15, 0.2) is 0 Å². The van der Waals surface area contributed by atoms with Crippen LogP contribution in [0.4, 0.5) is 0 Å². The van der Waals surface area contributed by atoms with Gasteiger partial charge in [0.1, 0.15) is 0 Å². The first-order valence-corrected chi connectivity index (χ1v) is 13.4. The van der Waals surface area contributed by atoms with E-state index in [9.17, 15) is 4.79 Å². The normalized spacial score (nSPS) is 14.5. The Morgan fingerprint density at radius 1 is 1.20 bits per heavy atom. The molecule has 0 spiro atoms. The SMILES string of the molecule is CCCCC(OCCC(=O)C1=[CH][In][CH]=C1)c1ccc(CC(C)C)cc1. The van der Waals surface area contributed by atoms with Gasteiger partial charge in [0, 0.05) is 0 Å². The number of benzene rings is 1. The summed E-state index contributed by atoms with van der Waals surface area (Å²) in [6.07, 6.45) is 7.04. The fourth-order valence-corrected chi connectivity index (χ4v) is 5.74. The summed E-state index contributed by atoms with van der Waals surface area (Å²) < 4.78 is 10.5. The van der Waals surface area contributed by atoms with E-state index < -0.39 is 22.9 Å². The first-order chi connectivity index (χ1) is 12.1. The molecule has 0 aromatic heterocycles. The molecular formula is C22H30InO2. The quantitative estimate of drug-likeness (QED) is 0.472. The maximum atomic E-state index is 12.2. The van der Waals surface area contributed by atoms with Crippen LogP contribution in [0.2, 0.25) is 0 Å². The Labute approximate surface area is 164 Å². The van der Waals surface area contributed by atoms with Crippen molar-refractivity contribution in [3.8, 4) is 0 Å². The molecule has 0 saturated carbocycles. The van der Waals surface area contributed by atoms with E-state index >= 15 is 0 Å². The van der Waals surface area contributed by atoms with Crippen molar-refractivity contribution in [2.45, 2.75) is 59.0 Å². The van der Waals surface area contributed by atoms with E-state index in [2.05, 4.69) is 52.7 Å². The molecule has 1 atom stereocenters. The van der Waals surface area contributed by atoms with Gasteiger partial charge in [0.05, 0.1) is 0 Å². The van der Waals surface area contributed by atoms with Crippen molar-refractivity contribution in [3.63, 3.8) is 0 Å². The van der Waals surface area contributed by atoms with Crippen LogP contribution in [-0.2, 0) is 16.0 Å². The molecule has 1 aromatic rings. The van der Waals surface area contributed by atoms with Crippen molar-refractivity contribution in [2.75, 3.05) is 6.61 Å². The number of ketones is 1. The van der Waals surface area contributed by atoms with E-state index in [1.54, 1.807) is 0 Å². The predicted octanol–water partition coefficient (Wildman–Crippen LogP) is 5.21. The average molecular weight is 441 g/mol. The van der Waals surface area contributed by atoms with Crippen molar-refractivity contribution in [2.24, 2.45) is 5.92 Å². The minimum absolute atomic E-state index is 0.103. The number of allylic oxidation sites excluding steroid dienone is 2. The minimum atomic E-state index is -0.673. The van der Waals surface area contributed by atoms with E-state index in [0.717, 1.165) is 31.3 Å². The Morgan fingerprint density at radius 3 is 2.56 bits per heavy atom. The molecule has 1 aliphatic rings. The van der Waals surface area contributed by atoms with Gasteiger partial charge in [-0.15, -0.1) is 0 Å². The number of rotatable bonds is 11. The average Bonchev–Trinajstić information content (AvgIpc) is 3.13. The maximum absolute atomic E-state index is 12.2. The van der Waals surface area contributed by atoms with Crippen LogP contribution in [0.25, 0.3) is 0 Å². The van der Waals surface area contributed by atoms with E-state index in [1.807, 2.05) is 6.08 Å². The van der Waals surface area contributed by atoms with Crippen molar-refractivity contribution in [1.29, 1.82) is 0 Å². The molecule has 2 nitrogen and oxygen atoms in total. The van der Waals surface area contributed by atoms with Gasteiger partial charge in [0.25, 0.3) is 0 Å². The number of hydrogen-bond acceptors (Lipinski definition) is 2. The molecule has 0 N–H and O–H groups in total. The van der Waals surface area contributed by atoms with Crippen LogP contribution in [-0.4, -0.2) is 35.3 Å². The van der Waals surface area contributed by atoms with Gasteiger partial charge >= 0.3 is 145 Å². The van der Waals surface area contributed by atoms with Gasteiger partial charge in [-0.05, 0) is 5.92 Å². The van der Waals surface area contributed by atoms with Gasteiger partial charge in [-0.25, -0.2) is 0 Å². The predicted molar refractivity (Wildman–Crippen MR) is 106 cm³/mol. The molecule has 1 unspecified atom stereocenters. The number of hydrogen-bond donors (Lipinski definition) is 0.